The number of hydrogen-bond acceptors (Lipinski definition) is 2. The molecule has 1 aromatic heterocycles. The molecule has 0 aliphatic heterocycles. The zero-order chi connectivity index (χ0) is 11.7. The molecule has 1 aromatic carbocycles. The van der Waals surface area contributed by atoms with E-state index in [1.165, 1.54) is 28.8 Å². The lowest BCUT2D eigenvalue weighted by Gasteiger charge is -2.00. The van der Waals surface area contributed by atoms with Gasteiger partial charge in [-0.2, -0.15) is 0 Å². The van der Waals surface area contributed by atoms with Crippen molar-refractivity contribution in [2.45, 2.75) is 6.92 Å². The van der Waals surface area contributed by atoms with Crippen LogP contribution in [0.3, 0.4) is 0 Å². The Morgan fingerprint density at radius 1 is 1.38 bits per heavy atom. The van der Waals surface area contributed by atoms with Crippen LogP contribution in [0.2, 0.25) is 0 Å². The Labute approximate surface area is 96.0 Å². The Kier molecular flexibility index (Phi) is 2.75. The smallest absolute Gasteiger partial charge is 0.336 e. The molecule has 1 N–H and O–H groups in total. The summed E-state index contributed by atoms with van der Waals surface area (Å²) in [6.07, 6.45) is 0. The van der Waals surface area contributed by atoms with Gasteiger partial charge in [0.1, 0.15) is 5.82 Å². The summed E-state index contributed by atoms with van der Waals surface area (Å²) >= 11 is 1.23. The molecule has 2 nitrogen and oxygen atoms in total. The molecule has 0 spiro atoms. The van der Waals surface area contributed by atoms with E-state index in [9.17, 15) is 9.18 Å². The third-order valence-corrected chi connectivity index (χ3v) is 3.20. The quantitative estimate of drug-likeness (QED) is 0.865. The molecule has 0 fully saturated rings. The lowest BCUT2D eigenvalue weighted by Crippen LogP contribution is -1.91. The van der Waals surface area contributed by atoms with E-state index in [4.69, 9.17) is 5.11 Å². The monoisotopic (exact) mass is 236 g/mol. The van der Waals surface area contributed by atoms with Crippen molar-refractivity contribution in [3.63, 3.8) is 0 Å². The summed E-state index contributed by atoms with van der Waals surface area (Å²) in [4.78, 5) is 11.3. The minimum absolute atomic E-state index is 0.194. The first-order valence-corrected chi connectivity index (χ1v) is 5.54. The van der Waals surface area contributed by atoms with Gasteiger partial charge in [-0.05, 0) is 24.6 Å². The highest BCUT2D eigenvalue weighted by Gasteiger charge is 2.11. The second-order valence-corrected chi connectivity index (χ2v) is 4.40. The molecular weight excluding hydrogens is 227 g/mol. The molecule has 82 valence electrons. The molecule has 1 heterocycles. The molecule has 0 unspecified atom stereocenters. The predicted octanol–water partition coefficient (Wildman–Crippen LogP) is 3.56. The van der Waals surface area contributed by atoms with Crippen LogP contribution in [0.15, 0.2) is 29.6 Å². The number of carbonyl (C=O) groups is 1. The van der Waals surface area contributed by atoms with Gasteiger partial charge in [0.25, 0.3) is 0 Å². The van der Waals surface area contributed by atoms with Gasteiger partial charge in [-0.1, -0.05) is 12.1 Å². The van der Waals surface area contributed by atoms with E-state index in [0.717, 1.165) is 5.56 Å². The number of rotatable bonds is 2. The fraction of sp³-hybridized carbons (Fsp3) is 0.0833. The molecule has 16 heavy (non-hydrogen) atoms. The highest BCUT2D eigenvalue weighted by Crippen LogP contribution is 2.29. The first kappa shape index (κ1) is 10.8. The number of halogens is 1. The second-order valence-electron chi connectivity index (χ2n) is 3.49. The molecule has 0 saturated heterocycles. The molecule has 4 heteroatoms. The van der Waals surface area contributed by atoms with Crippen LogP contribution in [-0.4, -0.2) is 11.1 Å². The molecule has 2 aromatic rings. The van der Waals surface area contributed by atoms with E-state index < -0.39 is 5.97 Å². The van der Waals surface area contributed by atoms with E-state index in [1.54, 1.807) is 12.1 Å². The Balaban J connectivity index is 2.46. The number of carboxylic acid groups (broad SMARTS) is 1. The van der Waals surface area contributed by atoms with E-state index in [0.29, 0.717) is 10.4 Å². The predicted molar refractivity (Wildman–Crippen MR) is 61.4 cm³/mol. The molecule has 0 radical (unpaired) electrons. The van der Waals surface area contributed by atoms with Crippen molar-refractivity contribution in [1.29, 1.82) is 0 Å². The maximum atomic E-state index is 13.6. The normalized spacial score (nSPS) is 10.4. The summed E-state index contributed by atoms with van der Waals surface area (Å²) in [5.74, 6) is -1.31. The molecule has 0 aliphatic rings. The highest BCUT2D eigenvalue weighted by atomic mass is 32.1. The Bertz CT molecular complexity index is 546. The number of benzene rings is 1. The van der Waals surface area contributed by atoms with Crippen LogP contribution in [0.4, 0.5) is 4.39 Å². The van der Waals surface area contributed by atoms with Crippen molar-refractivity contribution < 1.29 is 14.3 Å². The van der Waals surface area contributed by atoms with Gasteiger partial charge in [0, 0.05) is 15.8 Å². The summed E-state index contributed by atoms with van der Waals surface area (Å²) in [5.41, 5.74) is 1.49. The fourth-order valence-electron chi connectivity index (χ4n) is 1.41. The van der Waals surface area contributed by atoms with Gasteiger partial charge < -0.3 is 5.11 Å². The average molecular weight is 236 g/mol. The average Bonchev–Trinajstić information content (AvgIpc) is 2.66. The van der Waals surface area contributed by atoms with Crippen molar-refractivity contribution in [1.82, 2.24) is 0 Å². The lowest BCUT2D eigenvalue weighted by molar-refractivity contribution is 0.0697. The summed E-state index contributed by atoms with van der Waals surface area (Å²) in [6, 6.07) is 6.40. The first-order valence-electron chi connectivity index (χ1n) is 4.66. The van der Waals surface area contributed by atoms with Gasteiger partial charge in [0.05, 0.1) is 5.56 Å². The van der Waals surface area contributed by atoms with Crippen LogP contribution in [-0.2, 0) is 0 Å². The van der Waals surface area contributed by atoms with E-state index in [2.05, 4.69) is 0 Å². The van der Waals surface area contributed by atoms with Crippen molar-refractivity contribution >= 4 is 17.3 Å². The second kappa shape index (κ2) is 4.06. The van der Waals surface area contributed by atoms with Crippen LogP contribution < -0.4 is 0 Å². The third-order valence-electron chi connectivity index (χ3n) is 2.24. The van der Waals surface area contributed by atoms with Gasteiger partial charge >= 0.3 is 5.97 Å². The van der Waals surface area contributed by atoms with Crippen LogP contribution in [0, 0.1) is 12.7 Å². The van der Waals surface area contributed by atoms with E-state index >= 15 is 0 Å². The minimum atomic E-state index is -0.991. The van der Waals surface area contributed by atoms with Gasteiger partial charge in [0.2, 0.25) is 0 Å². The van der Waals surface area contributed by atoms with E-state index in [1.807, 2.05) is 6.92 Å². The van der Waals surface area contributed by atoms with Crippen LogP contribution >= 0.6 is 11.3 Å². The zero-order valence-corrected chi connectivity index (χ0v) is 9.34. The van der Waals surface area contributed by atoms with Gasteiger partial charge in [-0.25, -0.2) is 9.18 Å². The summed E-state index contributed by atoms with van der Waals surface area (Å²) in [6.45, 7) is 1.81. The topological polar surface area (TPSA) is 37.3 Å². The van der Waals surface area contributed by atoms with E-state index in [-0.39, 0.29) is 11.4 Å². The lowest BCUT2D eigenvalue weighted by atomic mass is 10.1. The van der Waals surface area contributed by atoms with Crippen LogP contribution in [0.1, 0.15) is 15.9 Å². The Hall–Kier alpha value is -1.68. The van der Waals surface area contributed by atoms with Gasteiger partial charge in [-0.15, -0.1) is 11.3 Å². The maximum absolute atomic E-state index is 13.6. The highest BCUT2D eigenvalue weighted by molar-refractivity contribution is 7.13. The van der Waals surface area contributed by atoms with Crippen LogP contribution in [0.5, 0.6) is 0 Å². The standard InChI is InChI=1S/C12H9FO2S/c1-7-2-3-9(10(13)4-7)11-5-8(6-16-11)12(14)15/h2-6H,1H3,(H,14,15). The van der Waals surface area contributed by atoms with Crippen molar-refractivity contribution in [2.75, 3.05) is 0 Å². The van der Waals surface area contributed by atoms with Crippen molar-refractivity contribution in [3.05, 3.63) is 46.6 Å². The summed E-state index contributed by atoms with van der Waals surface area (Å²) in [5, 5.41) is 10.3. The van der Waals surface area contributed by atoms with Crippen molar-refractivity contribution in [3.8, 4) is 10.4 Å². The summed E-state index contributed by atoms with van der Waals surface area (Å²) in [7, 11) is 0. The summed E-state index contributed by atoms with van der Waals surface area (Å²) < 4.78 is 13.6. The SMILES string of the molecule is Cc1ccc(-c2cc(C(=O)O)cs2)c(F)c1. The molecule has 0 aliphatic carbocycles. The third kappa shape index (κ3) is 1.97. The van der Waals surface area contributed by atoms with Crippen molar-refractivity contribution in [2.24, 2.45) is 0 Å². The molecular formula is C12H9FO2S. The molecule has 2 rings (SSSR count). The Morgan fingerprint density at radius 2 is 2.12 bits per heavy atom. The molecule has 0 saturated carbocycles. The number of aryl methyl sites for hydroxylation is 1. The van der Waals surface area contributed by atoms with Gasteiger partial charge in [0.15, 0.2) is 0 Å². The maximum Gasteiger partial charge on any atom is 0.336 e. The largest absolute Gasteiger partial charge is 0.478 e. The zero-order valence-electron chi connectivity index (χ0n) is 8.53. The number of thiophene rings is 1. The van der Waals surface area contributed by atoms with Gasteiger partial charge in [-0.3, -0.25) is 0 Å². The number of hydrogen-bond donors (Lipinski definition) is 1. The molecule has 0 bridgehead atoms. The van der Waals surface area contributed by atoms with Crippen LogP contribution in [0.25, 0.3) is 10.4 Å². The molecule has 0 atom stereocenters. The Morgan fingerprint density at radius 3 is 2.69 bits per heavy atom. The molecule has 0 amide bonds. The number of carboxylic acids is 1. The minimum Gasteiger partial charge on any atom is -0.478 e. The first-order chi connectivity index (χ1) is 7.58. The number of aromatic carboxylic acids is 1. The fourth-order valence-corrected chi connectivity index (χ4v) is 2.32.